The quantitative estimate of drug-likeness (QED) is 0.658. The van der Waals surface area contributed by atoms with Gasteiger partial charge >= 0.3 is 0 Å². The zero-order valence-electron chi connectivity index (χ0n) is 10.1. The van der Waals surface area contributed by atoms with E-state index in [1.165, 1.54) is 4.31 Å². The molecular formula is C10H18N2O4S. The molecule has 2 fully saturated rings. The van der Waals surface area contributed by atoms with E-state index < -0.39 is 10.0 Å². The van der Waals surface area contributed by atoms with E-state index in [1.807, 2.05) is 0 Å². The molecule has 6 nitrogen and oxygen atoms in total. The van der Waals surface area contributed by atoms with Crippen LogP contribution >= 0.6 is 0 Å². The molecule has 1 amide bonds. The van der Waals surface area contributed by atoms with E-state index in [0.717, 1.165) is 0 Å². The van der Waals surface area contributed by atoms with Crippen molar-refractivity contribution in [3.8, 4) is 0 Å². The number of hydrogen-bond acceptors (Lipinski definition) is 4. The maximum Gasteiger partial charge on any atom is 0.248 e. The minimum Gasteiger partial charge on any atom is -0.366 e. The Balaban J connectivity index is 2.13. The van der Waals surface area contributed by atoms with Gasteiger partial charge in [-0.15, -0.1) is 0 Å². The second-order valence-electron chi connectivity index (χ2n) is 4.47. The van der Waals surface area contributed by atoms with Crippen LogP contribution in [-0.2, 0) is 19.6 Å². The first-order chi connectivity index (χ1) is 7.95. The second-order valence-corrected chi connectivity index (χ2v) is 6.73. The van der Waals surface area contributed by atoms with E-state index in [9.17, 15) is 13.2 Å². The highest BCUT2D eigenvalue weighted by molar-refractivity contribution is 7.89. The SMILES string of the molecule is CCS(=O)(=O)N1CC[C@H]2OCC(=O)N(C)[C@H]2C1. The first-order valence-electron chi connectivity index (χ1n) is 5.81. The minimum absolute atomic E-state index is 0.0268. The summed E-state index contributed by atoms with van der Waals surface area (Å²) < 4.78 is 30.5. The van der Waals surface area contributed by atoms with Gasteiger partial charge in [0.25, 0.3) is 0 Å². The molecule has 0 unspecified atom stereocenters. The summed E-state index contributed by atoms with van der Waals surface area (Å²) in [6, 6.07) is -0.147. The molecule has 2 rings (SSSR count). The number of rotatable bonds is 2. The predicted molar refractivity (Wildman–Crippen MR) is 61.9 cm³/mol. The van der Waals surface area contributed by atoms with Gasteiger partial charge in [0.2, 0.25) is 15.9 Å². The Hall–Kier alpha value is -0.660. The van der Waals surface area contributed by atoms with Crippen LogP contribution in [0.1, 0.15) is 13.3 Å². The summed E-state index contributed by atoms with van der Waals surface area (Å²) in [5, 5.41) is 0. The fraction of sp³-hybridized carbons (Fsp3) is 0.900. The van der Waals surface area contributed by atoms with Crippen molar-refractivity contribution in [3.05, 3.63) is 0 Å². The Morgan fingerprint density at radius 2 is 2.18 bits per heavy atom. The number of hydrogen-bond donors (Lipinski definition) is 0. The van der Waals surface area contributed by atoms with Crippen molar-refractivity contribution < 1.29 is 17.9 Å². The molecule has 0 aromatic carbocycles. The van der Waals surface area contributed by atoms with Gasteiger partial charge in [0, 0.05) is 20.1 Å². The maximum atomic E-state index is 11.8. The number of likely N-dealkylation sites (N-methyl/N-ethyl adjacent to an activating group) is 1. The van der Waals surface area contributed by atoms with Crippen LogP contribution in [0.3, 0.4) is 0 Å². The summed E-state index contributed by atoms with van der Waals surface area (Å²) >= 11 is 0. The molecule has 0 aromatic heterocycles. The highest BCUT2D eigenvalue weighted by Gasteiger charge is 2.41. The van der Waals surface area contributed by atoms with E-state index in [0.29, 0.717) is 19.5 Å². The highest BCUT2D eigenvalue weighted by atomic mass is 32.2. The van der Waals surface area contributed by atoms with Crippen LogP contribution < -0.4 is 0 Å². The van der Waals surface area contributed by atoms with E-state index in [-0.39, 0.29) is 30.4 Å². The minimum atomic E-state index is -3.17. The van der Waals surface area contributed by atoms with Gasteiger partial charge in [-0.3, -0.25) is 4.79 Å². The van der Waals surface area contributed by atoms with Gasteiger partial charge in [0.15, 0.2) is 0 Å². The van der Waals surface area contributed by atoms with Crippen LogP contribution in [0.25, 0.3) is 0 Å². The van der Waals surface area contributed by atoms with Crippen molar-refractivity contribution in [2.75, 3.05) is 32.5 Å². The van der Waals surface area contributed by atoms with Gasteiger partial charge < -0.3 is 9.64 Å². The third-order valence-electron chi connectivity index (χ3n) is 3.55. The summed E-state index contributed by atoms with van der Waals surface area (Å²) in [6.45, 7) is 2.58. The number of morpholine rings is 1. The van der Waals surface area contributed by atoms with E-state index in [1.54, 1.807) is 18.9 Å². The van der Waals surface area contributed by atoms with Crippen LogP contribution in [0.4, 0.5) is 0 Å². The van der Waals surface area contributed by atoms with E-state index >= 15 is 0 Å². The Morgan fingerprint density at radius 3 is 2.82 bits per heavy atom. The first-order valence-corrected chi connectivity index (χ1v) is 7.41. The monoisotopic (exact) mass is 262 g/mol. The van der Waals surface area contributed by atoms with E-state index in [2.05, 4.69) is 0 Å². The fourth-order valence-electron chi connectivity index (χ4n) is 2.35. The number of sulfonamides is 1. The third-order valence-corrected chi connectivity index (χ3v) is 5.40. The molecule has 17 heavy (non-hydrogen) atoms. The number of piperidine rings is 1. The zero-order valence-corrected chi connectivity index (χ0v) is 10.9. The molecule has 0 bridgehead atoms. The van der Waals surface area contributed by atoms with Crippen LogP contribution in [-0.4, -0.2) is 68.2 Å². The largest absolute Gasteiger partial charge is 0.366 e. The fourth-order valence-corrected chi connectivity index (χ4v) is 3.48. The number of ether oxygens (including phenoxy) is 1. The summed E-state index contributed by atoms with van der Waals surface area (Å²) in [5.41, 5.74) is 0. The Kier molecular flexibility index (Phi) is 3.42. The lowest BCUT2D eigenvalue weighted by Crippen LogP contribution is -2.61. The first kappa shape index (κ1) is 12.8. The van der Waals surface area contributed by atoms with Crippen LogP contribution in [0.15, 0.2) is 0 Å². The molecule has 98 valence electrons. The van der Waals surface area contributed by atoms with Gasteiger partial charge in [-0.25, -0.2) is 8.42 Å². The topological polar surface area (TPSA) is 66.9 Å². The molecule has 0 aliphatic carbocycles. The molecule has 0 N–H and O–H groups in total. The zero-order chi connectivity index (χ0) is 12.6. The number of amides is 1. The lowest BCUT2D eigenvalue weighted by atomic mass is 10.0. The van der Waals surface area contributed by atoms with Gasteiger partial charge in [-0.1, -0.05) is 0 Å². The molecule has 0 saturated carbocycles. The molecule has 2 saturated heterocycles. The van der Waals surface area contributed by atoms with E-state index in [4.69, 9.17) is 4.74 Å². The smallest absolute Gasteiger partial charge is 0.248 e. The Labute approximate surface area is 102 Å². The Morgan fingerprint density at radius 1 is 1.47 bits per heavy atom. The van der Waals surface area contributed by atoms with Crippen molar-refractivity contribution in [2.24, 2.45) is 0 Å². The van der Waals surface area contributed by atoms with Crippen molar-refractivity contribution in [1.82, 2.24) is 9.21 Å². The van der Waals surface area contributed by atoms with Crippen molar-refractivity contribution in [1.29, 1.82) is 0 Å². The highest BCUT2D eigenvalue weighted by Crippen LogP contribution is 2.24. The number of carbonyl (C=O) groups is 1. The van der Waals surface area contributed by atoms with Gasteiger partial charge in [-0.05, 0) is 13.3 Å². The lowest BCUT2D eigenvalue weighted by Gasteiger charge is -2.44. The average molecular weight is 262 g/mol. The van der Waals surface area contributed by atoms with Gasteiger partial charge in [0.1, 0.15) is 6.61 Å². The van der Waals surface area contributed by atoms with Crippen LogP contribution in [0.5, 0.6) is 0 Å². The van der Waals surface area contributed by atoms with Crippen molar-refractivity contribution >= 4 is 15.9 Å². The van der Waals surface area contributed by atoms with Crippen molar-refractivity contribution in [2.45, 2.75) is 25.5 Å². The Bertz CT molecular complexity index is 409. The molecule has 0 radical (unpaired) electrons. The molecule has 2 aliphatic rings. The summed E-state index contributed by atoms with van der Waals surface area (Å²) in [4.78, 5) is 13.1. The molecule has 7 heteroatoms. The molecular weight excluding hydrogens is 244 g/mol. The third kappa shape index (κ3) is 2.31. The number of fused-ring (bicyclic) bond motifs is 1. The van der Waals surface area contributed by atoms with Gasteiger partial charge in [-0.2, -0.15) is 4.31 Å². The molecule has 0 aromatic rings. The van der Waals surface area contributed by atoms with Crippen LogP contribution in [0, 0.1) is 0 Å². The standard InChI is InChI=1S/C10H18N2O4S/c1-3-17(14,15)12-5-4-9-8(6-12)11(2)10(13)7-16-9/h8-9H,3-7H2,1-2H3/t8-,9+/m0/s1. The lowest BCUT2D eigenvalue weighted by molar-refractivity contribution is -0.158. The molecule has 2 heterocycles. The molecule has 2 atom stereocenters. The van der Waals surface area contributed by atoms with Crippen LogP contribution in [0.2, 0.25) is 0 Å². The predicted octanol–water partition coefficient (Wildman–Crippen LogP) is -0.732. The van der Waals surface area contributed by atoms with Gasteiger partial charge in [0.05, 0.1) is 17.9 Å². The molecule has 2 aliphatic heterocycles. The summed E-state index contributed by atoms with van der Waals surface area (Å²) in [5.74, 6) is 0.0186. The number of nitrogens with zero attached hydrogens (tertiary/aromatic N) is 2. The maximum absolute atomic E-state index is 11.8. The number of carbonyl (C=O) groups excluding carboxylic acids is 1. The average Bonchev–Trinajstić information content (AvgIpc) is 2.33. The second kappa shape index (κ2) is 4.55. The van der Waals surface area contributed by atoms with Crippen molar-refractivity contribution in [3.63, 3.8) is 0 Å². The summed E-state index contributed by atoms with van der Waals surface area (Å²) in [6.07, 6.45) is 0.627. The normalized spacial score (nSPS) is 31.4. The molecule has 0 spiro atoms. The summed E-state index contributed by atoms with van der Waals surface area (Å²) in [7, 11) is -1.46.